The number of nitrogens with two attached hydrogens (primary N) is 1. The third-order valence-electron chi connectivity index (χ3n) is 2.94. The topological polar surface area (TPSA) is 67.6 Å². The largest absolute Gasteiger partial charge is 0.489 e. The van der Waals surface area contributed by atoms with Gasteiger partial charge in [-0.25, -0.2) is 0 Å². The summed E-state index contributed by atoms with van der Waals surface area (Å²) >= 11 is 0. The summed E-state index contributed by atoms with van der Waals surface area (Å²) in [4.78, 5) is 13.7. The number of benzene rings is 1. The molecule has 0 saturated heterocycles. The lowest BCUT2D eigenvalue weighted by molar-refractivity contribution is -0.128. The van der Waals surface area contributed by atoms with E-state index in [1.807, 2.05) is 39.8 Å². The fourth-order valence-electron chi connectivity index (χ4n) is 1.87. The van der Waals surface area contributed by atoms with Crippen molar-refractivity contribution in [3.05, 3.63) is 18.2 Å². The van der Waals surface area contributed by atoms with Gasteiger partial charge in [0.25, 0.3) is 0 Å². The van der Waals surface area contributed by atoms with Gasteiger partial charge in [-0.1, -0.05) is 0 Å². The summed E-state index contributed by atoms with van der Waals surface area (Å²) in [5.74, 6) is 0.721. The highest BCUT2D eigenvalue weighted by atomic mass is 16.5. The molecule has 0 radical (unpaired) electrons. The van der Waals surface area contributed by atoms with Crippen LogP contribution in [-0.2, 0) is 4.79 Å². The Morgan fingerprint density at radius 3 is 2.55 bits per heavy atom. The van der Waals surface area contributed by atoms with E-state index in [1.165, 1.54) is 0 Å². The molecule has 0 aliphatic carbocycles. The van der Waals surface area contributed by atoms with Crippen LogP contribution in [0.4, 0.5) is 11.4 Å². The van der Waals surface area contributed by atoms with Gasteiger partial charge < -0.3 is 20.7 Å². The Morgan fingerprint density at radius 1 is 1.35 bits per heavy atom. The minimum absolute atomic E-state index is 0.0601. The Kier molecular flexibility index (Phi) is 6.15. The third-order valence-corrected chi connectivity index (χ3v) is 2.94. The van der Waals surface area contributed by atoms with Gasteiger partial charge in [-0.15, -0.1) is 0 Å². The minimum atomic E-state index is 0.0601. The molecular weight excluding hydrogens is 254 g/mol. The zero-order valence-electron chi connectivity index (χ0n) is 12.8. The van der Waals surface area contributed by atoms with Gasteiger partial charge in [-0.2, -0.15) is 0 Å². The average molecular weight is 279 g/mol. The maximum atomic E-state index is 11.9. The summed E-state index contributed by atoms with van der Waals surface area (Å²) in [6.45, 7) is 9.55. The van der Waals surface area contributed by atoms with E-state index >= 15 is 0 Å². The van der Waals surface area contributed by atoms with E-state index < -0.39 is 0 Å². The zero-order chi connectivity index (χ0) is 15.1. The number of amides is 1. The van der Waals surface area contributed by atoms with Crippen molar-refractivity contribution in [3.63, 3.8) is 0 Å². The number of ether oxygens (including phenoxy) is 1. The second-order valence-electron chi connectivity index (χ2n) is 4.84. The summed E-state index contributed by atoms with van der Waals surface area (Å²) in [7, 11) is 0. The van der Waals surface area contributed by atoms with Crippen LogP contribution in [-0.4, -0.2) is 36.5 Å². The molecule has 20 heavy (non-hydrogen) atoms. The summed E-state index contributed by atoms with van der Waals surface area (Å²) in [6, 6.07) is 5.45. The molecule has 0 fully saturated rings. The van der Waals surface area contributed by atoms with Crippen LogP contribution in [0.1, 0.15) is 27.7 Å². The number of hydrogen-bond donors (Lipinski definition) is 2. The number of rotatable bonds is 7. The van der Waals surface area contributed by atoms with Crippen molar-refractivity contribution in [2.45, 2.75) is 33.8 Å². The summed E-state index contributed by atoms with van der Waals surface area (Å²) in [6.07, 6.45) is 0.0601. The van der Waals surface area contributed by atoms with Crippen LogP contribution in [0.5, 0.6) is 5.75 Å². The summed E-state index contributed by atoms with van der Waals surface area (Å²) < 4.78 is 5.62. The lowest BCUT2D eigenvalue weighted by Gasteiger charge is -2.19. The molecule has 3 N–H and O–H groups in total. The smallest absolute Gasteiger partial charge is 0.241 e. The molecule has 0 aromatic heterocycles. The van der Waals surface area contributed by atoms with Crippen LogP contribution >= 0.6 is 0 Å². The number of carbonyl (C=O) groups is 1. The lowest BCUT2D eigenvalue weighted by Crippen LogP contribution is -2.35. The molecule has 1 amide bonds. The first-order valence-corrected chi connectivity index (χ1v) is 7.05. The van der Waals surface area contributed by atoms with Gasteiger partial charge in [-0.05, 0) is 39.8 Å². The molecule has 0 atom stereocenters. The van der Waals surface area contributed by atoms with E-state index in [0.717, 1.165) is 18.8 Å². The van der Waals surface area contributed by atoms with Crippen molar-refractivity contribution < 1.29 is 9.53 Å². The Balaban J connectivity index is 2.66. The monoisotopic (exact) mass is 279 g/mol. The average Bonchev–Trinajstić information content (AvgIpc) is 2.40. The second-order valence-corrected chi connectivity index (χ2v) is 4.84. The fourth-order valence-corrected chi connectivity index (χ4v) is 1.87. The standard InChI is InChI=1S/C15H25N3O2/c1-5-18(6-2)15(19)10-17-12-7-8-13(16)14(9-12)20-11(3)4/h7-9,11,17H,5-6,10,16H2,1-4H3. The molecule has 0 aliphatic rings. The first-order valence-electron chi connectivity index (χ1n) is 7.05. The van der Waals surface area contributed by atoms with Gasteiger partial charge in [0.1, 0.15) is 5.75 Å². The zero-order valence-corrected chi connectivity index (χ0v) is 12.8. The van der Waals surface area contributed by atoms with Gasteiger partial charge in [0, 0.05) is 24.8 Å². The van der Waals surface area contributed by atoms with Gasteiger partial charge in [0.15, 0.2) is 0 Å². The minimum Gasteiger partial charge on any atom is -0.489 e. The lowest BCUT2D eigenvalue weighted by atomic mass is 10.2. The number of anilines is 2. The van der Waals surface area contributed by atoms with Crippen LogP contribution < -0.4 is 15.8 Å². The van der Waals surface area contributed by atoms with E-state index in [2.05, 4.69) is 5.32 Å². The molecule has 5 nitrogen and oxygen atoms in total. The van der Waals surface area contributed by atoms with Gasteiger partial charge in [-0.3, -0.25) is 4.79 Å². The SMILES string of the molecule is CCN(CC)C(=O)CNc1ccc(N)c(OC(C)C)c1. The Bertz CT molecular complexity index is 443. The van der Waals surface area contributed by atoms with E-state index in [-0.39, 0.29) is 18.6 Å². The first kappa shape index (κ1) is 16.1. The molecule has 5 heteroatoms. The van der Waals surface area contributed by atoms with Crippen LogP contribution in [0.15, 0.2) is 18.2 Å². The van der Waals surface area contributed by atoms with Crippen molar-refractivity contribution in [3.8, 4) is 5.75 Å². The summed E-state index contributed by atoms with van der Waals surface area (Å²) in [5.41, 5.74) is 7.28. The Labute approximate surface area is 121 Å². The van der Waals surface area contributed by atoms with Crippen molar-refractivity contribution in [1.29, 1.82) is 0 Å². The Hall–Kier alpha value is -1.91. The van der Waals surface area contributed by atoms with Crippen LogP contribution in [0.25, 0.3) is 0 Å². The maximum Gasteiger partial charge on any atom is 0.241 e. The Morgan fingerprint density at radius 2 is 2.00 bits per heavy atom. The molecule has 0 heterocycles. The molecule has 0 bridgehead atoms. The van der Waals surface area contributed by atoms with Crippen molar-refractivity contribution >= 4 is 17.3 Å². The van der Waals surface area contributed by atoms with Gasteiger partial charge in [0.05, 0.1) is 18.3 Å². The van der Waals surface area contributed by atoms with E-state index in [0.29, 0.717) is 11.4 Å². The van der Waals surface area contributed by atoms with Crippen LogP contribution in [0, 0.1) is 0 Å². The first-order chi connectivity index (χ1) is 9.47. The number of nitrogens with zero attached hydrogens (tertiary/aromatic N) is 1. The number of likely N-dealkylation sites (N-methyl/N-ethyl adjacent to an activating group) is 1. The molecule has 1 aromatic rings. The van der Waals surface area contributed by atoms with Gasteiger partial charge >= 0.3 is 0 Å². The molecular formula is C15H25N3O2. The second kappa shape index (κ2) is 7.62. The van der Waals surface area contributed by atoms with Crippen LogP contribution in [0.2, 0.25) is 0 Å². The van der Waals surface area contributed by atoms with E-state index in [9.17, 15) is 4.79 Å². The number of hydrogen-bond acceptors (Lipinski definition) is 4. The van der Waals surface area contributed by atoms with Crippen molar-refractivity contribution in [2.24, 2.45) is 0 Å². The molecule has 112 valence electrons. The highest BCUT2D eigenvalue weighted by Crippen LogP contribution is 2.26. The highest BCUT2D eigenvalue weighted by Gasteiger charge is 2.10. The molecule has 1 rings (SSSR count). The van der Waals surface area contributed by atoms with E-state index in [4.69, 9.17) is 10.5 Å². The molecule has 1 aromatic carbocycles. The van der Waals surface area contributed by atoms with E-state index in [1.54, 1.807) is 11.0 Å². The fraction of sp³-hybridized carbons (Fsp3) is 0.533. The molecule has 0 spiro atoms. The third kappa shape index (κ3) is 4.64. The maximum absolute atomic E-state index is 11.9. The summed E-state index contributed by atoms with van der Waals surface area (Å²) in [5, 5.41) is 3.11. The molecule has 0 saturated carbocycles. The molecule has 0 aliphatic heterocycles. The number of nitrogens with one attached hydrogen (secondary N) is 1. The quantitative estimate of drug-likeness (QED) is 0.752. The highest BCUT2D eigenvalue weighted by molar-refractivity contribution is 5.81. The molecule has 0 unspecified atom stereocenters. The predicted octanol–water partition coefficient (Wildman–Crippen LogP) is 2.34. The number of nitrogen functional groups attached to an aromatic ring is 1. The van der Waals surface area contributed by atoms with Gasteiger partial charge in [0.2, 0.25) is 5.91 Å². The predicted molar refractivity (Wildman–Crippen MR) is 83.0 cm³/mol. The normalized spacial score (nSPS) is 10.4. The van der Waals surface area contributed by atoms with Crippen molar-refractivity contribution in [1.82, 2.24) is 4.90 Å². The van der Waals surface area contributed by atoms with Crippen molar-refractivity contribution in [2.75, 3.05) is 30.7 Å². The number of carbonyl (C=O) groups excluding carboxylic acids is 1. The van der Waals surface area contributed by atoms with Crippen LogP contribution in [0.3, 0.4) is 0 Å².